The Bertz CT molecular complexity index is 1040. The molecule has 3 aromatic rings. The highest BCUT2D eigenvalue weighted by atomic mass is 32.2. The van der Waals surface area contributed by atoms with Crippen molar-refractivity contribution < 1.29 is 12.8 Å². The molecule has 0 aliphatic carbocycles. The second-order valence-electron chi connectivity index (χ2n) is 5.45. The van der Waals surface area contributed by atoms with Gasteiger partial charge < -0.3 is 4.42 Å². The fourth-order valence-corrected chi connectivity index (χ4v) is 4.95. The van der Waals surface area contributed by atoms with Gasteiger partial charge in [-0.3, -0.25) is 4.72 Å². The van der Waals surface area contributed by atoms with Gasteiger partial charge in [-0.1, -0.05) is 29.0 Å². The van der Waals surface area contributed by atoms with Crippen molar-refractivity contribution in [2.75, 3.05) is 4.72 Å². The molecule has 0 atom stereocenters. The molecule has 0 saturated carbocycles. The smallest absolute Gasteiger partial charge is 0.396 e. The van der Waals surface area contributed by atoms with Crippen LogP contribution in [0, 0.1) is 20.8 Å². The first-order valence-corrected chi connectivity index (χ1v) is 9.20. The van der Waals surface area contributed by atoms with Crippen molar-refractivity contribution in [2.45, 2.75) is 25.7 Å². The zero-order chi connectivity index (χ0) is 16.8. The number of hydrogen-bond donors (Lipinski definition) is 1. The largest absolute Gasteiger partial charge is 0.414 e. The Kier molecular flexibility index (Phi) is 3.77. The molecule has 0 aliphatic heterocycles. The summed E-state index contributed by atoms with van der Waals surface area (Å²) in [6, 6.07) is 8.44. The van der Waals surface area contributed by atoms with Gasteiger partial charge >= 0.3 is 4.94 Å². The molecule has 1 aromatic heterocycles. The maximum Gasteiger partial charge on any atom is 0.396 e. The highest BCUT2D eigenvalue weighted by Crippen LogP contribution is 2.26. The number of nitrogens with one attached hydrogen (secondary N) is 1. The van der Waals surface area contributed by atoms with Crippen LogP contribution in [0.1, 0.15) is 16.7 Å². The summed E-state index contributed by atoms with van der Waals surface area (Å²) in [6.07, 6.45) is 0. The van der Waals surface area contributed by atoms with Gasteiger partial charge in [0.25, 0.3) is 10.0 Å². The third-order valence-corrected chi connectivity index (χ3v) is 5.93. The van der Waals surface area contributed by atoms with E-state index in [9.17, 15) is 13.2 Å². The molecule has 23 heavy (non-hydrogen) atoms. The summed E-state index contributed by atoms with van der Waals surface area (Å²) in [5.74, 6) is 0. The first kappa shape index (κ1) is 15.8. The van der Waals surface area contributed by atoms with E-state index < -0.39 is 15.0 Å². The lowest BCUT2D eigenvalue weighted by Gasteiger charge is -2.13. The van der Waals surface area contributed by atoms with E-state index in [1.54, 1.807) is 32.0 Å². The lowest BCUT2D eigenvalue weighted by atomic mass is 10.1. The topological polar surface area (TPSA) is 76.4 Å². The van der Waals surface area contributed by atoms with Crippen molar-refractivity contribution in [3.05, 3.63) is 56.8 Å². The number of hydrogen-bond acceptors (Lipinski definition) is 5. The minimum Gasteiger partial charge on any atom is -0.414 e. The zero-order valence-electron chi connectivity index (χ0n) is 12.8. The van der Waals surface area contributed by atoms with Crippen LogP contribution in [0.5, 0.6) is 0 Å². The molecule has 120 valence electrons. The van der Waals surface area contributed by atoms with Crippen molar-refractivity contribution in [3.8, 4) is 0 Å². The van der Waals surface area contributed by atoms with Gasteiger partial charge in [0.1, 0.15) is 5.58 Å². The zero-order valence-corrected chi connectivity index (χ0v) is 14.5. The Balaban J connectivity index is 2.04. The first-order chi connectivity index (χ1) is 10.8. The number of rotatable bonds is 3. The van der Waals surface area contributed by atoms with Crippen molar-refractivity contribution in [1.82, 2.24) is 0 Å². The molecular formula is C16H15NO4S2. The minimum absolute atomic E-state index is 0.281. The molecule has 0 saturated heterocycles. The summed E-state index contributed by atoms with van der Waals surface area (Å²) in [4.78, 5) is 11.1. The molecule has 0 fully saturated rings. The average Bonchev–Trinajstić information content (AvgIpc) is 2.75. The van der Waals surface area contributed by atoms with Crippen LogP contribution in [0.3, 0.4) is 0 Å². The lowest BCUT2D eigenvalue weighted by molar-refractivity contribution is 0.585. The van der Waals surface area contributed by atoms with Crippen LogP contribution in [0.15, 0.2) is 44.4 Å². The van der Waals surface area contributed by atoms with E-state index in [-0.39, 0.29) is 4.90 Å². The fraction of sp³-hybridized carbons (Fsp3) is 0.188. The quantitative estimate of drug-likeness (QED) is 0.784. The van der Waals surface area contributed by atoms with Gasteiger partial charge in [0.05, 0.1) is 15.3 Å². The second-order valence-corrected chi connectivity index (χ2v) is 8.05. The number of sulfonamides is 1. The average molecular weight is 349 g/mol. The van der Waals surface area contributed by atoms with Gasteiger partial charge in [-0.2, -0.15) is 0 Å². The number of anilines is 1. The van der Waals surface area contributed by atoms with Gasteiger partial charge in [-0.05, 0) is 50.1 Å². The number of fused-ring (bicyclic) bond motifs is 1. The molecular weight excluding hydrogens is 334 g/mol. The van der Waals surface area contributed by atoms with Crippen LogP contribution in [-0.2, 0) is 10.0 Å². The Morgan fingerprint density at radius 2 is 1.70 bits per heavy atom. The van der Waals surface area contributed by atoms with Gasteiger partial charge in [0.2, 0.25) is 0 Å². The molecule has 0 radical (unpaired) electrons. The van der Waals surface area contributed by atoms with Gasteiger partial charge in [0, 0.05) is 0 Å². The highest BCUT2D eigenvalue weighted by molar-refractivity contribution is 7.92. The SMILES string of the molecule is Cc1cc(C)c(S(=O)(=O)Nc2ccc3oc(=O)sc3c2)c(C)c1. The molecule has 1 N–H and O–H groups in total. The van der Waals surface area contributed by atoms with Crippen LogP contribution in [0.25, 0.3) is 10.3 Å². The van der Waals surface area contributed by atoms with Gasteiger partial charge in [0.15, 0.2) is 0 Å². The molecule has 3 rings (SSSR count). The predicted octanol–water partition coefficient (Wildman–Crippen LogP) is 3.58. The van der Waals surface area contributed by atoms with Gasteiger partial charge in [-0.25, -0.2) is 13.2 Å². The summed E-state index contributed by atoms with van der Waals surface area (Å²) in [6.45, 7) is 5.48. The van der Waals surface area contributed by atoms with Crippen molar-refractivity contribution in [3.63, 3.8) is 0 Å². The molecule has 0 bridgehead atoms. The third kappa shape index (κ3) is 3.02. The van der Waals surface area contributed by atoms with E-state index in [4.69, 9.17) is 4.42 Å². The van der Waals surface area contributed by atoms with Crippen molar-refractivity contribution in [1.29, 1.82) is 0 Å². The molecule has 0 spiro atoms. The van der Waals surface area contributed by atoms with Crippen LogP contribution >= 0.6 is 11.3 Å². The summed E-state index contributed by atoms with van der Waals surface area (Å²) < 4.78 is 33.6. The fourth-order valence-electron chi connectivity index (χ4n) is 2.73. The lowest BCUT2D eigenvalue weighted by Crippen LogP contribution is -2.15. The summed E-state index contributed by atoms with van der Waals surface area (Å²) >= 11 is 0.939. The molecule has 5 nitrogen and oxygen atoms in total. The Morgan fingerprint density at radius 1 is 1.04 bits per heavy atom. The molecule has 7 heteroatoms. The van der Waals surface area contributed by atoms with E-state index >= 15 is 0 Å². The maximum atomic E-state index is 12.7. The highest BCUT2D eigenvalue weighted by Gasteiger charge is 2.20. The summed E-state index contributed by atoms with van der Waals surface area (Å²) in [5.41, 5.74) is 3.26. The van der Waals surface area contributed by atoms with E-state index in [1.165, 1.54) is 0 Å². The molecule has 0 aliphatic rings. The second kappa shape index (κ2) is 5.50. The number of aryl methyl sites for hydroxylation is 3. The van der Waals surface area contributed by atoms with E-state index in [0.717, 1.165) is 16.9 Å². The monoisotopic (exact) mass is 349 g/mol. The van der Waals surface area contributed by atoms with Crippen LogP contribution < -0.4 is 9.66 Å². The summed E-state index contributed by atoms with van der Waals surface area (Å²) in [5, 5.41) is 0. The Morgan fingerprint density at radius 3 is 2.35 bits per heavy atom. The van der Waals surface area contributed by atoms with Gasteiger partial charge in [-0.15, -0.1) is 0 Å². The van der Waals surface area contributed by atoms with Crippen LogP contribution in [0.4, 0.5) is 5.69 Å². The van der Waals surface area contributed by atoms with Crippen molar-refractivity contribution >= 4 is 37.3 Å². The first-order valence-electron chi connectivity index (χ1n) is 6.90. The molecule has 0 amide bonds. The van der Waals surface area contributed by atoms with E-state index in [0.29, 0.717) is 27.1 Å². The van der Waals surface area contributed by atoms with Crippen LogP contribution in [0.2, 0.25) is 0 Å². The maximum absolute atomic E-state index is 12.7. The number of benzene rings is 2. The van der Waals surface area contributed by atoms with Crippen molar-refractivity contribution in [2.24, 2.45) is 0 Å². The van der Waals surface area contributed by atoms with E-state index in [1.807, 2.05) is 19.1 Å². The minimum atomic E-state index is -3.71. The Labute approximate surface area is 137 Å². The molecule has 1 heterocycles. The van der Waals surface area contributed by atoms with E-state index in [2.05, 4.69) is 4.72 Å². The third-order valence-electron chi connectivity index (χ3n) is 3.46. The predicted molar refractivity (Wildman–Crippen MR) is 91.8 cm³/mol. The molecule has 2 aromatic carbocycles. The summed E-state index contributed by atoms with van der Waals surface area (Å²) in [7, 11) is -3.71. The normalized spacial score (nSPS) is 11.8. The molecule has 0 unspecified atom stereocenters. The standard InChI is InChI=1S/C16H15NO4S2/c1-9-6-10(2)15(11(3)7-9)23(19,20)17-12-4-5-13-14(8-12)22-16(18)21-13/h4-8,17H,1-3H3. The Hall–Kier alpha value is -2.12. The van der Waals surface area contributed by atoms with Crippen LogP contribution in [-0.4, -0.2) is 8.42 Å².